The van der Waals surface area contributed by atoms with Crippen molar-refractivity contribution in [2.75, 3.05) is 26.8 Å². The summed E-state index contributed by atoms with van der Waals surface area (Å²) < 4.78 is 15.8. The first-order valence-electron chi connectivity index (χ1n) is 12.9. The minimum atomic E-state index is -1.08. The molecule has 39 heavy (non-hydrogen) atoms. The van der Waals surface area contributed by atoms with E-state index >= 15 is 0 Å². The van der Waals surface area contributed by atoms with Gasteiger partial charge >= 0.3 is 24.1 Å². The van der Waals surface area contributed by atoms with Crippen molar-refractivity contribution in [1.29, 1.82) is 0 Å². The van der Waals surface area contributed by atoms with Gasteiger partial charge in [-0.3, -0.25) is 4.79 Å². The lowest BCUT2D eigenvalue weighted by Crippen LogP contribution is -2.46. The fourth-order valence-electron chi connectivity index (χ4n) is 4.53. The van der Waals surface area contributed by atoms with Gasteiger partial charge in [0.1, 0.15) is 18.2 Å². The van der Waals surface area contributed by atoms with Gasteiger partial charge in [-0.25, -0.2) is 14.4 Å². The molecular weight excluding hydrogens is 504 g/mol. The summed E-state index contributed by atoms with van der Waals surface area (Å²) in [6.45, 7) is 5.30. The summed E-state index contributed by atoms with van der Waals surface area (Å²) in [6, 6.07) is 14.9. The smallest absolute Gasteiger partial charge is 0.409 e. The number of aliphatic carboxylic acids is 1. The maximum Gasteiger partial charge on any atom is 0.409 e. The summed E-state index contributed by atoms with van der Waals surface area (Å²) >= 11 is 0. The first-order valence-corrected chi connectivity index (χ1v) is 12.9. The molecule has 0 spiro atoms. The molecule has 3 rings (SSSR count). The van der Waals surface area contributed by atoms with Gasteiger partial charge in [0, 0.05) is 25.4 Å². The molecule has 0 unspecified atom stereocenters. The number of carboxylic acids is 1. The van der Waals surface area contributed by atoms with Crippen LogP contribution >= 0.6 is 0 Å². The topological polar surface area (TPSA) is 131 Å². The zero-order valence-electron chi connectivity index (χ0n) is 22.8. The molecule has 2 aromatic rings. The summed E-state index contributed by atoms with van der Waals surface area (Å²) in [6.07, 6.45) is -1.35. The molecule has 0 heterocycles. The van der Waals surface area contributed by atoms with Crippen LogP contribution in [0.4, 0.5) is 9.59 Å². The van der Waals surface area contributed by atoms with Gasteiger partial charge in [0.15, 0.2) is 0 Å². The Balaban J connectivity index is 1.69. The number of esters is 1. The molecule has 1 aliphatic rings. The SMILES string of the molecule is COC(=O)[C@H](CCN(CCCC(=O)O)C(=O)OCC1c2ccccc2-c2ccccc21)NC(=O)OC(C)(C)C. The monoisotopic (exact) mass is 540 g/mol. The predicted octanol–water partition coefficient (Wildman–Crippen LogP) is 4.56. The minimum absolute atomic E-state index is 0.0170. The van der Waals surface area contributed by atoms with E-state index in [-0.39, 0.29) is 44.9 Å². The molecule has 2 N–H and O–H groups in total. The summed E-state index contributed by atoms with van der Waals surface area (Å²) in [5, 5.41) is 11.5. The number of fused-ring (bicyclic) bond motifs is 3. The molecule has 2 aromatic carbocycles. The second kappa shape index (κ2) is 13.1. The van der Waals surface area contributed by atoms with Gasteiger partial charge in [-0.1, -0.05) is 48.5 Å². The molecule has 2 amide bonds. The van der Waals surface area contributed by atoms with Crippen LogP contribution < -0.4 is 5.32 Å². The molecule has 10 nitrogen and oxygen atoms in total. The Bertz CT molecular complexity index is 1140. The normalized spacial score (nSPS) is 13.0. The van der Waals surface area contributed by atoms with Gasteiger partial charge in [0.05, 0.1) is 7.11 Å². The molecule has 0 saturated heterocycles. The number of hydrogen-bond donors (Lipinski definition) is 2. The second-order valence-electron chi connectivity index (χ2n) is 10.3. The summed E-state index contributed by atoms with van der Waals surface area (Å²) in [5.41, 5.74) is 3.56. The first-order chi connectivity index (χ1) is 18.5. The van der Waals surface area contributed by atoms with E-state index in [2.05, 4.69) is 5.32 Å². The number of benzene rings is 2. The number of rotatable bonds is 11. The van der Waals surface area contributed by atoms with Crippen LogP contribution in [0, 0.1) is 0 Å². The van der Waals surface area contributed by atoms with Crippen LogP contribution in [0.15, 0.2) is 48.5 Å². The van der Waals surface area contributed by atoms with Crippen LogP contribution in [-0.4, -0.2) is 72.6 Å². The number of methoxy groups -OCH3 is 1. The van der Waals surface area contributed by atoms with Crippen LogP contribution in [0.5, 0.6) is 0 Å². The molecule has 0 radical (unpaired) electrons. The molecule has 1 aliphatic carbocycles. The van der Waals surface area contributed by atoms with Crippen LogP contribution in [0.3, 0.4) is 0 Å². The fourth-order valence-corrected chi connectivity index (χ4v) is 4.53. The van der Waals surface area contributed by atoms with E-state index in [9.17, 15) is 19.2 Å². The molecule has 0 bridgehead atoms. The number of nitrogens with one attached hydrogen (secondary N) is 1. The highest BCUT2D eigenvalue weighted by molar-refractivity contribution is 5.81. The lowest BCUT2D eigenvalue weighted by Gasteiger charge is -2.26. The molecule has 1 atom stereocenters. The molecule has 0 fully saturated rings. The van der Waals surface area contributed by atoms with Crippen molar-refractivity contribution in [3.05, 3.63) is 59.7 Å². The zero-order chi connectivity index (χ0) is 28.6. The third kappa shape index (κ3) is 8.20. The quantitative estimate of drug-likeness (QED) is 0.313. The van der Waals surface area contributed by atoms with E-state index in [0.29, 0.717) is 0 Å². The Labute approximate surface area is 228 Å². The summed E-state index contributed by atoms with van der Waals surface area (Å²) in [7, 11) is 1.20. The van der Waals surface area contributed by atoms with Gasteiger partial charge in [0.2, 0.25) is 0 Å². The fraction of sp³-hybridized carbons (Fsp3) is 0.448. The van der Waals surface area contributed by atoms with Crippen molar-refractivity contribution in [3.63, 3.8) is 0 Å². The number of amides is 2. The minimum Gasteiger partial charge on any atom is -0.481 e. The van der Waals surface area contributed by atoms with Gasteiger partial charge in [0.25, 0.3) is 0 Å². The van der Waals surface area contributed by atoms with E-state index in [4.69, 9.17) is 19.3 Å². The highest BCUT2D eigenvalue weighted by atomic mass is 16.6. The molecule has 0 saturated carbocycles. The summed E-state index contributed by atoms with van der Waals surface area (Å²) in [4.78, 5) is 50.2. The Kier molecular flexibility index (Phi) is 9.92. The van der Waals surface area contributed by atoms with Crippen molar-refractivity contribution in [3.8, 4) is 11.1 Å². The second-order valence-corrected chi connectivity index (χ2v) is 10.3. The van der Waals surface area contributed by atoms with Crippen LogP contribution in [0.25, 0.3) is 11.1 Å². The Hall–Kier alpha value is -4.08. The highest BCUT2D eigenvalue weighted by Gasteiger charge is 2.31. The number of carbonyl (C=O) groups excluding carboxylic acids is 3. The van der Waals surface area contributed by atoms with Crippen molar-refractivity contribution >= 4 is 24.1 Å². The predicted molar refractivity (Wildman–Crippen MR) is 143 cm³/mol. The number of carbonyl (C=O) groups is 4. The number of ether oxygens (including phenoxy) is 3. The maximum absolute atomic E-state index is 13.2. The van der Waals surface area contributed by atoms with E-state index < -0.39 is 35.8 Å². The van der Waals surface area contributed by atoms with E-state index in [1.165, 1.54) is 12.0 Å². The van der Waals surface area contributed by atoms with Crippen molar-refractivity contribution in [2.45, 2.75) is 57.6 Å². The standard InChI is InChI=1S/C29H36N2O8/c1-29(2,3)39-27(35)30-24(26(34)37-4)15-17-31(16-9-14-25(32)33)28(36)38-18-23-21-12-7-5-10-19(21)20-11-6-8-13-22(20)23/h5-8,10-13,23-24H,9,14-18H2,1-4H3,(H,30,35)(H,32,33)/t24-/m0/s1. The Morgan fingerprint density at radius 2 is 1.56 bits per heavy atom. The van der Waals surface area contributed by atoms with Crippen molar-refractivity contribution in [2.24, 2.45) is 0 Å². The average Bonchev–Trinajstić information content (AvgIpc) is 3.20. The van der Waals surface area contributed by atoms with Gasteiger partial charge in [-0.05, 0) is 55.9 Å². The molecule has 10 heteroatoms. The third-order valence-electron chi connectivity index (χ3n) is 6.28. The first kappa shape index (κ1) is 29.5. The molecule has 0 aliphatic heterocycles. The molecular formula is C29H36N2O8. The maximum atomic E-state index is 13.2. The largest absolute Gasteiger partial charge is 0.481 e. The highest BCUT2D eigenvalue weighted by Crippen LogP contribution is 2.44. The average molecular weight is 541 g/mol. The Morgan fingerprint density at radius 1 is 0.974 bits per heavy atom. The third-order valence-corrected chi connectivity index (χ3v) is 6.28. The molecule has 210 valence electrons. The van der Waals surface area contributed by atoms with Crippen LogP contribution in [0.2, 0.25) is 0 Å². The number of alkyl carbamates (subject to hydrolysis) is 1. The summed E-state index contributed by atoms with van der Waals surface area (Å²) in [5.74, 6) is -1.82. The molecule has 0 aromatic heterocycles. The number of nitrogens with zero attached hydrogens (tertiary/aromatic N) is 1. The lowest BCUT2D eigenvalue weighted by atomic mass is 9.98. The van der Waals surface area contributed by atoms with Crippen LogP contribution in [-0.2, 0) is 23.8 Å². The van der Waals surface area contributed by atoms with Gasteiger partial charge in [-0.2, -0.15) is 0 Å². The zero-order valence-corrected chi connectivity index (χ0v) is 22.8. The lowest BCUT2D eigenvalue weighted by molar-refractivity contribution is -0.143. The van der Waals surface area contributed by atoms with E-state index in [1.807, 2.05) is 48.5 Å². The Morgan fingerprint density at radius 3 is 2.10 bits per heavy atom. The van der Waals surface area contributed by atoms with Crippen LogP contribution in [0.1, 0.15) is 57.1 Å². The number of hydrogen-bond acceptors (Lipinski definition) is 7. The van der Waals surface area contributed by atoms with Crippen molar-refractivity contribution in [1.82, 2.24) is 10.2 Å². The van der Waals surface area contributed by atoms with Gasteiger partial charge < -0.3 is 29.5 Å². The van der Waals surface area contributed by atoms with E-state index in [1.54, 1.807) is 20.8 Å². The van der Waals surface area contributed by atoms with Gasteiger partial charge in [-0.15, -0.1) is 0 Å². The van der Waals surface area contributed by atoms with Crippen molar-refractivity contribution < 1.29 is 38.5 Å². The number of carboxylic acid groups (broad SMARTS) is 1. The van der Waals surface area contributed by atoms with E-state index in [0.717, 1.165) is 22.3 Å².